The molecular formula is C10H18O3S. The van der Waals surface area contributed by atoms with E-state index in [1.807, 2.05) is 0 Å². The van der Waals surface area contributed by atoms with Gasteiger partial charge in [-0.05, 0) is 26.7 Å². The average molecular weight is 218 g/mol. The van der Waals surface area contributed by atoms with Crippen molar-refractivity contribution in [3.63, 3.8) is 0 Å². The molecule has 1 saturated carbocycles. The molecule has 82 valence electrons. The smallest absolute Gasteiger partial charge is 0.310 e. The van der Waals surface area contributed by atoms with Gasteiger partial charge in [0.1, 0.15) is 0 Å². The Morgan fingerprint density at radius 1 is 1.43 bits per heavy atom. The van der Waals surface area contributed by atoms with E-state index in [4.69, 9.17) is 5.11 Å². The summed E-state index contributed by atoms with van der Waals surface area (Å²) in [6, 6.07) is 0. The van der Waals surface area contributed by atoms with E-state index in [2.05, 4.69) is 0 Å². The van der Waals surface area contributed by atoms with Crippen molar-refractivity contribution in [3.05, 3.63) is 0 Å². The quantitative estimate of drug-likeness (QED) is 0.782. The first-order valence-electron chi connectivity index (χ1n) is 5.04. The first-order valence-corrected chi connectivity index (χ1v) is 6.42. The molecule has 0 heterocycles. The molecule has 0 radical (unpaired) electrons. The molecule has 1 unspecified atom stereocenters. The minimum Gasteiger partial charge on any atom is -0.481 e. The Hall–Kier alpha value is -0.380. The first-order chi connectivity index (χ1) is 6.43. The second-order valence-corrected chi connectivity index (χ2v) is 6.34. The van der Waals surface area contributed by atoms with Crippen LogP contribution in [-0.2, 0) is 15.6 Å². The van der Waals surface area contributed by atoms with E-state index >= 15 is 0 Å². The van der Waals surface area contributed by atoms with Gasteiger partial charge < -0.3 is 5.11 Å². The van der Waals surface area contributed by atoms with Gasteiger partial charge in [-0.25, -0.2) is 0 Å². The molecule has 0 aromatic heterocycles. The van der Waals surface area contributed by atoms with Crippen LogP contribution < -0.4 is 0 Å². The molecule has 14 heavy (non-hydrogen) atoms. The predicted molar refractivity (Wildman–Crippen MR) is 56.7 cm³/mol. The van der Waals surface area contributed by atoms with Gasteiger partial charge in [0.25, 0.3) is 0 Å². The maximum absolute atomic E-state index is 11.8. The van der Waals surface area contributed by atoms with Crippen LogP contribution in [-0.4, -0.2) is 26.3 Å². The summed E-state index contributed by atoms with van der Waals surface area (Å²) in [5.74, 6) is -0.573. The number of aliphatic carboxylic acids is 1. The van der Waals surface area contributed by atoms with Crippen molar-refractivity contribution < 1.29 is 14.1 Å². The van der Waals surface area contributed by atoms with Crippen LogP contribution in [0.5, 0.6) is 0 Å². The van der Waals surface area contributed by atoms with Crippen LogP contribution in [0.4, 0.5) is 0 Å². The van der Waals surface area contributed by atoms with Gasteiger partial charge in [0.15, 0.2) is 0 Å². The van der Waals surface area contributed by atoms with Crippen molar-refractivity contribution >= 4 is 16.8 Å². The highest BCUT2D eigenvalue weighted by molar-refractivity contribution is 7.85. The summed E-state index contributed by atoms with van der Waals surface area (Å²) in [5.41, 5.74) is -0.854. The van der Waals surface area contributed by atoms with Crippen LogP contribution >= 0.6 is 0 Å². The van der Waals surface area contributed by atoms with Crippen molar-refractivity contribution in [2.45, 2.75) is 44.8 Å². The first kappa shape index (κ1) is 11.7. The third kappa shape index (κ3) is 2.80. The minimum absolute atomic E-state index is 0.244. The summed E-state index contributed by atoms with van der Waals surface area (Å²) in [5, 5.41) is 9.14. The second-order valence-electron chi connectivity index (χ2n) is 4.62. The van der Waals surface area contributed by atoms with E-state index in [0.717, 1.165) is 25.7 Å². The van der Waals surface area contributed by atoms with Crippen molar-refractivity contribution in [1.82, 2.24) is 0 Å². The molecular weight excluding hydrogens is 200 g/mol. The average Bonchev–Trinajstić information content (AvgIpc) is 2.54. The van der Waals surface area contributed by atoms with Gasteiger partial charge >= 0.3 is 5.97 Å². The molecule has 1 aliphatic rings. The van der Waals surface area contributed by atoms with E-state index in [1.165, 1.54) is 0 Å². The van der Waals surface area contributed by atoms with Gasteiger partial charge in [0, 0.05) is 21.8 Å². The van der Waals surface area contributed by atoms with Crippen LogP contribution in [0, 0.1) is 5.41 Å². The lowest BCUT2D eigenvalue weighted by molar-refractivity contribution is -0.145. The Kier molecular flexibility index (Phi) is 3.70. The Morgan fingerprint density at radius 3 is 2.36 bits per heavy atom. The summed E-state index contributed by atoms with van der Waals surface area (Å²) in [4.78, 5) is 10.8. The minimum atomic E-state index is -0.966. The predicted octanol–water partition coefficient (Wildman–Crippen LogP) is 1.79. The molecule has 1 aliphatic carbocycles. The van der Waals surface area contributed by atoms with Crippen LogP contribution in [0.1, 0.15) is 39.5 Å². The van der Waals surface area contributed by atoms with Crippen molar-refractivity contribution in [2.24, 2.45) is 5.41 Å². The molecule has 0 aromatic carbocycles. The second kappa shape index (κ2) is 4.43. The molecule has 1 N–H and O–H groups in total. The molecule has 0 bridgehead atoms. The number of hydrogen-bond donors (Lipinski definition) is 1. The molecule has 3 nitrogen and oxygen atoms in total. The van der Waals surface area contributed by atoms with E-state index in [1.54, 1.807) is 13.8 Å². The van der Waals surface area contributed by atoms with Gasteiger partial charge in [0.05, 0.1) is 5.41 Å². The normalized spacial score (nSPS) is 21.0. The Bertz CT molecular complexity index is 242. The number of rotatable bonds is 4. The zero-order chi connectivity index (χ0) is 10.8. The van der Waals surface area contributed by atoms with Gasteiger partial charge in [-0.3, -0.25) is 9.00 Å². The van der Waals surface area contributed by atoms with Crippen LogP contribution in [0.15, 0.2) is 0 Å². The Balaban J connectivity index is 2.51. The van der Waals surface area contributed by atoms with Crippen molar-refractivity contribution in [2.75, 3.05) is 5.75 Å². The maximum Gasteiger partial charge on any atom is 0.310 e. The van der Waals surface area contributed by atoms with E-state index in [-0.39, 0.29) is 11.0 Å². The molecule has 0 aliphatic heterocycles. The highest BCUT2D eigenvalue weighted by Gasteiger charge is 2.33. The third-order valence-corrected chi connectivity index (χ3v) is 4.98. The number of carboxylic acids is 1. The maximum atomic E-state index is 11.8. The highest BCUT2D eigenvalue weighted by atomic mass is 32.2. The molecule has 0 spiro atoms. The van der Waals surface area contributed by atoms with Gasteiger partial charge in [-0.1, -0.05) is 12.8 Å². The molecule has 0 amide bonds. The Labute approximate surface area is 87.3 Å². The fraction of sp³-hybridized carbons (Fsp3) is 0.900. The van der Waals surface area contributed by atoms with E-state index in [9.17, 15) is 9.00 Å². The summed E-state index contributed by atoms with van der Waals surface area (Å²) in [6.45, 7) is 3.28. The SMILES string of the molecule is CC(C)(CS(=O)C1CCCC1)C(=O)O. The molecule has 0 aromatic rings. The fourth-order valence-electron chi connectivity index (χ4n) is 1.69. The summed E-state index contributed by atoms with van der Waals surface area (Å²) >= 11 is 0. The zero-order valence-corrected chi connectivity index (χ0v) is 9.60. The molecule has 1 atom stereocenters. The van der Waals surface area contributed by atoms with Gasteiger partial charge in [0.2, 0.25) is 0 Å². The number of hydrogen-bond acceptors (Lipinski definition) is 2. The molecule has 0 saturated heterocycles. The summed E-state index contributed by atoms with van der Waals surface area (Å²) < 4.78 is 11.8. The Morgan fingerprint density at radius 2 is 1.93 bits per heavy atom. The molecule has 1 rings (SSSR count). The molecule has 4 heteroatoms. The summed E-state index contributed by atoms with van der Waals surface area (Å²) in [7, 11) is -0.966. The van der Waals surface area contributed by atoms with Crippen LogP contribution in [0.2, 0.25) is 0 Å². The van der Waals surface area contributed by atoms with Gasteiger partial charge in [-0.2, -0.15) is 0 Å². The van der Waals surface area contributed by atoms with Crippen LogP contribution in [0.25, 0.3) is 0 Å². The lowest BCUT2D eigenvalue weighted by atomic mass is 9.97. The highest BCUT2D eigenvalue weighted by Crippen LogP contribution is 2.26. The molecule has 1 fully saturated rings. The topological polar surface area (TPSA) is 54.4 Å². The third-order valence-electron chi connectivity index (χ3n) is 2.76. The van der Waals surface area contributed by atoms with Crippen LogP contribution in [0.3, 0.4) is 0 Å². The lowest BCUT2D eigenvalue weighted by Crippen LogP contribution is -2.32. The van der Waals surface area contributed by atoms with E-state index < -0.39 is 22.2 Å². The monoisotopic (exact) mass is 218 g/mol. The van der Waals surface area contributed by atoms with Crippen molar-refractivity contribution in [3.8, 4) is 0 Å². The summed E-state index contributed by atoms with van der Waals surface area (Å²) in [6.07, 6.45) is 4.29. The zero-order valence-electron chi connectivity index (χ0n) is 8.78. The number of carboxylic acid groups (broad SMARTS) is 1. The standard InChI is InChI=1S/C10H18O3S/c1-10(2,9(11)12)7-14(13)8-5-3-4-6-8/h8H,3-7H2,1-2H3,(H,11,12). The number of carbonyl (C=O) groups is 1. The fourth-order valence-corrected chi connectivity index (χ4v) is 3.62. The largest absolute Gasteiger partial charge is 0.481 e. The lowest BCUT2D eigenvalue weighted by Gasteiger charge is -2.20. The van der Waals surface area contributed by atoms with E-state index in [0.29, 0.717) is 0 Å². The van der Waals surface area contributed by atoms with Gasteiger partial charge in [-0.15, -0.1) is 0 Å². The van der Waals surface area contributed by atoms with Crippen molar-refractivity contribution in [1.29, 1.82) is 0 Å².